The Balaban J connectivity index is 2.88. The molecule has 2 N–H and O–H groups in total. The molecule has 0 fully saturated rings. The molecule has 0 aliphatic carbocycles. The first kappa shape index (κ1) is 16.6. The number of nitro groups is 1. The fourth-order valence-electron chi connectivity index (χ4n) is 1.98. The second kappa shape index (κ2) is 6.16. The average Bonchev–Trinajstić information content (AvgIpc) is 2.82. The zero-order valence-corrected chi connectivity index (χ0v) is 13.1. The summed E-state index contributed by atoms with van der Waals surface area (Å²) in [7, 11) is 1.13. The van der Waals surface area contributed by atoms with Crippen LogP contribution in [0.2, 0.25) is 10.0 Å². The Kier molecular flexibility index (Phi) is 4.45. The summed E-state index contributed by atoms with van der Waals surface area (Å²) >= 11 is 12.1. The molecule has 0 amide bonds. The van der Waals surface area contributed by atoms with Gasteiger partial charge in [0, 0.05) is 12.3 Å². The van der Waals surface area contributed by atoms with Crippen LogP contribution in [0.5, 0.6) is 0 Å². The lowest BCUT2D eigenvalue weighted by Crippen LogP contribution is -2.12. The molecule has 0 aliphatic rings. The molecule has 2 aromatic rings. The molecule has 1 aromatic carbocycles. The van der Waals surface area contributed by atoms with Crippen molar-refractivity contribution in [2.45, 2.75) is 0 Å². The normalized spacial score (nSPS) is 10.2. The number of nitro benzene ring substituents is 1. The molecule has 23 heavy (non-hydrogen) atoms. The van der Waals surface area contributed by atoms with E-state index in [9.17, 15) is 14.9 Å². The molecular formula is C13H8Cl2N4O4. The Bertz CT molecular complexity index is 870. The molecule has 0 bridgehead atoms. The van der Waals surface area contributed by atoms with Gasteiger partial charge in [0.1, 0.15) is 11.1 Å². The lowest BCUT2D eigenvalue weighted by molar-refractivity contribution is -0.384. The Morgan fingerprint density at radius 2 is 2.13 bits per heavy atom. The molecule has 0 saturated carbocycles. The zero-order chi connectivity index (χ0) is 17.3. The molecule has 1 aromatic heterocycles. The minimum atomic E-state index is -0.845. The number of carbonyl (C=O) groups excluding carboxylic acids is 1. The number of carbonyl (C=O) groups is 1. The number of hydrogen-bond acceptors (Lipinski definition) is 6. The number of esters is 1. The highest BCUT2D eigenvalue weighted by molar-refractivity contribution is 6.39. The topological polar surface area (TPSA) is 124 Å². The SMILES string of the molecule is COC(=O)c1c(N)c(C#N)cn1-c1c(Cl)ccc([N+](=O)[O-])c1Cl. The van der Waals surface area contributed by atoms with E-state index in [4.69, 9.17) is 34.2 Å². The lowest BCUT2D eigenvalue weighted by Gasteiger charge is -2.12. The van der Waals surface area contributed by atoms with Gasteiger partial charge in [-0.1, -0.05) is 23.2 Å². The van der Waals surface area contributed by atoms with Crippen molar-refractivity contribution in [3.8, 4) is 11.8 Å². The quantitative estimate of drug-likeness (QED) is 0.513. The van der Waals surface area contributed by atoms with E-state index in [0.717, 1.165) is 17.7 Å². The second-order valence-electron chi connectivity index (χ2n) is 4.26. The highest BCUT2D eigenvalue weighted by Crippen LogP contribution is 2.38. The Morgan fingerprint density at radius 1 is 1.48 bits per heavy atom. The van der Waals surface area contributed by atoms with Gasteiger partial charge in [-0.05, 0) is 6.07 Å². The van der Waals surface area contributed by atoms with Gasteiger partial charge in [0.25, 0.3) is 5.69 Å². The highest BCUT2D eigenvalue weighted by atomic mass is 35.5. The van der Waals surface area contributed by atoms with Gasteiger partial charge >= 0.3 is 5.97 Å². The summed E-state index contributed by atoms with van der Waals surface area (Å²) in [6, 6.07) is 4.19. The van der Waals surface area contributed by atoms with Gasteiger partial charge in [0.2, 0.25) is 0 Å². The highest BCUT2D eigenvalue weighted by Gasteiger charge is 2.27. The minimum absolute atomic E-state index is 0.0240. The Labute approximate surface area is 139 Å². The molecular weight excluding hydrogens is 347 g/mol. The number of anilines is 1. The number of ether oxygens (including phenoxy) is 1. The van der Waals surface area contributed by atoms with Crippen molar-refractivity contribution in [1.82, 2.24) is 4.57 Å². The second-order valence-corrected chi connectivity index (χ2v) is 5.05. The van der Waals surface area contributed by atoms with Crippen LogP contribution in [0.15, 0.2) is 18.3 Å². The Hall–Kier alpha value is -2.76. The Morgan fingerprint density at radius 3 is 2.65 bits per heavy atom. The van der Waals surface area contributed by atoms with Gasteiger partial charge in [0.05, 0.1) is 34.0 Å². The summed E-state index contributed by atoms with van der Waals surface area (Å²) < 4.78 is 5.73. The van der Waals surface area contributed by atoms with E-state index in [0.29, 0.717) is 0 Å². The standard InChI is InChI=1S/C13H8Cl2N4O4/c1-23-13(20)12-10(17)6(4-16)5-18(12)11-7(14)2-3-8(9(11)15)19(21)22/h2-3,5H,17H2,1H3. The first-order valence-corrected chi connectivity index (χ1v) is 6.71. The number of benzene rings is 1. The van der Waals surface area contributed by atoms with E-state index in [1.165, 1.54) is 12.3 Å². The number of nitriles is 1. The molecule has 0 aliphatic heterocycles. The van der Waals surface area contributed by atoms with Crippen molar-refractivity contribution < 1.29 is 14.5 Å². The van der Waals surface area contributed by atoms with Gasteiger partial charge < -0.3 is 15.0 Å². The van der Waals surface area contributed by atoms with Crippen LogP contribution in [0.1, 0.15) is 16.1 Å². The predicted octanol–water partition coefficient (Wildman–Crippen LogP) is 2.93. The molecule has 2 rings (SSSR count). The summed E-state index contributed by atoms with van der Waals surface area (Å²) in [4.78, 5) is 22.3. The number of nitrogens with zero attached hydrogens (tertiary/aromatic N) is 3. The molecule has 0 atom stereocenters. The molecule has 0 saturated heterocycles. The van der Waals surface area contributed by atoms with Crippen molar-refractivity contribution >= 4 is 40.5 Å². The third kappa shape index (κ3) is 2.67. The van der Waals surface area contributed by atoms with E-state index in [-0.39, 0.29) is 32.7 Å². The maximum Gasteiger partial charge on any atom is 0.357 e. The zero-order valence-electron chi connectivity index (χ0n) is 11.5. The van der Waals surface area contributed by atoms with Gasteiger partial charge in [-0.3, -0.25) is 10.1 Å². The van der Waals surface area contributed by atoms with Crippen LogP contribution < -0.4 is 5.73 Å². The molecule has 118 valence electrons. The van der Waals surface area contributed by atoms with Crippen molar-refractivity contribution in [1.29, 1.82) is 5.26 Å². The number of methoxy groups -OCH3 is 1. The van der Waals surface area contributed by atoms with Crippen LogP contribution in [0.25, 0.3) is 5.69 Å². The summed E-state index contributed by atoms with van der Waals surface area (Å²) in [5.74, 6) is -0.845. The summed E-state index contributed by atoms with van der Waals surface area (Å²) in [6.07, 6.45) is 1.21. The van der Waals surface area contributed by atoms with E-state index < -0.39 is 16.6 Å². The van der Waals surface area contributed by atoms with Crippen LogP contribution in [0.4, 0.5) is 11.4 Å². The van der Waals surface area contributed by atoms with Crippen LogP contribution >= 0.6 is 23.2 Å². The molecule has 0 unspecified atom stereocenters. The number of rotatable bonds is 3. The predicted molar refractivity (Wildman–Crippen MR) is 82.9 cm³/mol. The van der Waals surface area contributed by atoms with Gasteiger partial charge in [0.15, 0.2) is 5.69 Å². The minimum Gasteiger partial charge on any atom is -0.464 e. The van der Waals surface area contributed by atoms with E-state index in [1.807, 2.05) is 6.07 Å². The number of halogens is 2. The number of aromatic nitrogens is 1. The van der Waals surface area contributed by atoms with Crippen molar-refractivity contribution in [3.05, 3.63) is 49.7 Å². The first-order valence-electron chi connectivity index (χ1n) is 5.95. The van der Waals surface area contributed by atoms with Crippen molar-refractivity contribution in [3.63, 3.8) is 0 Å². The number of hydrogen-bond donors (Lipinski definition) is 1. The maximum absolute atomic E-state index is 11.9. The molecule has 1 heterocycles. The van der Waals surface area contributed by atoms with Crippen LogP contribution in [-0.2, 0) is 4.74 Å². The smallest absolute Gasteiger partial charge is 0.357 e. The molecule has 8 nitrogen and oxygen atoms in total. The van der Waals surface area contributed by atoms with Crippen LogP contribution in [0, 0.1) is 21.4 Å². The number of nitrogen functional groups attached to an aromatic ring is 1. The van der Waals surface area contributed by atoms with Crippen LogP contribution in [-0.4, -0.2) is 22.6 Å². The number of nitrogens with two attached hydrogens (primary N) is 1. The van der Waals surface area contributed by atoms with E-state index >= 15 is 0 Å². The summed E-state index contributed by atoms with van der Waals surface area (Å²) in [5.41, 5.74) is 4.94. The largest absolute Gasteiger partial charge is 0.464 e. The van der Waals surface area contributed by atoms with Crippen molar-refractivity contribution in [2.75, 3.05) is 12.8 Å². The maximum atomic E-state index is 11.9. The monoisotopic (exact) mass is 354 g/mol. The van der Waals surface area contributed by atoms with Crippen LogP contribution in [0.3, 0.4) is 0 Å². The van der Waals surface area contributed by atoms with Crippen molar-refractivity contribution in [2.24, 2.45) is 0 Å². The first-order chi connectivity index (χ1) is 10.8. The molecule has 0 radical (unpaired) electrons. The third-order valence-electron chi connectivity index (χ3n) is 3.03. The third-order valence-corrected chi connectivity index (χ3v) is 3.71. The lowest BCUT2D eigenvalue weighted by atomic mass is 10.2. The fraction of sp³-hybridized carbons (Fsp3) is 0.0769. The summed E-state index contributed by atoms with van der Waals surface area (Å²) in [6.45, 7) is 0. The fourth-order valence-corrected chi connectivity index (χ4v) is 2.60. The molecule has 10 heteroatoms. The summed E-state index contributed by atoms with van der Waals surface area (Å²) in [5, 5.41) is 19.8. The average molecular weight is 355 g/mol. The van der Waals surface area contributed by atoms with Gasteiger partial charge in [-0.2, -0.15) is 5.26 Å². The van der Waals surface area contributed by atoms with Gasteiger partial charge in [-0.15, -0.1) is 0 Å². The molecule has 0 spiro atoms. The van der Waals surface area contributed by atoms with E-state index in [1.54, 1.807) is 0 Å². The van der Waals surface area contributed by atoms with Gasteiger partial charge in [-0.25, -0.2) is 4.79 Å². The van der Waals surface area contributed by atoms with E-state index in [2.05, 4.69) is 4.74 Å².